The van der Waals surface area contributed by atoms with Crippen LogP contribution in [-0.4, -0.2) is 16.2 Å². The first-order valence-electron chi connectivity index (χ1n) is 8.66. The van der Waals surface area contributed by atoms with Crippen LogP contribution in [0.15, 0.2) is 71.3 Å². The van der Waals surface area contributed by atoms with Crippen molar-refractivity contribution in [3.63, 3.8) is 0 Å². The summed E-state index contributed by atoms with van der Waals surface area (Å²) >= 11 is 0. The third-order valence-electron chi connectivity index (χ3n) is 4.29. The summed E-state index contributed by atoms with van der Waals surface area (Å²) in [6.45, 7) is 3.35. The molecule has 26 heavy (non-hydrogen) atoms. The van der Waals surface area contributed by atoms with Gasteiger partial charge in [0.1, 0.15) is 23.9 Å². The van der Waals surface area contributed by atoms with Crippen LogP contribution in [0.25, 0.3) is 23.2 Å². The van der Waals surface area contributed by atoms with E-state index in [1.165, 1.54) is 0 Å². The normalized spacial score (nSPS) is 11.4. The van der Waals surface area contributed by atoms with E-state index in [0.29, 0.717) is 13.2 Å². The van der Waals surface area contributed by atoms with Crippen LogP contribution in [0.4, 0.5) is 0 Å². The topological polar surface area (TPSA) is 40.2 Å². The Morgan fingerprint density at radius 3 is 2.69 bits per heavy atom. The molecule has 0 saturated heterocycles. The predicted octanol–water partition coefficient (Wildman–Crippen LogP) is 5.19. The second-order valence-corrected chi connectivity index (χ2v) is 6.07. The van der Waals surface area contributed by atoms with Gasteiger partial charge in [-0.05, 0) is 55.0 Å². The van der Waals surface area contributed by atoms with Gasteiger partial charge >= 0.3 is 0 Å². The fourth-order valence-corrected chi connectivity index (χ4v) is 2.96. The monoisotopic (exact) mass is 344 g/mol. The molecule has 2 heterocycles. The Kier molecular flexibility index (Phi) is 4.56. The summed E-state index contributed by atoms with van der Waals surface area (Å²) in [5.41, 5.74) is 3.21. The van der Waals surface area contributed by atoms with Crippen molar-refractivity contribution in [2.75, 3.05) is 6.61 Å². The molecule has 2 aromatic heterocycles. The third kappa shape index (κ3) is 3.40. The average Bonchev–Trinajstić information content (AvgIpc) is 3.29. The number of aryl methyl sites for hydroxylation is 1. The van der Waals surface area contributed by atoms with Crippen LogP contribution in [0.2, 0.25) is 0 Å². The van der Waals surface area contributed by atoms with Crippen molar-refractivity contribution in [2.45, 2.75) is 13.5 Å². The highest BCUT2D eigenvalue weighted by Crippen LogP contribution is 2.20. The number of imidazole rings is 1. The van der Waals surface area contributed by atoms with Gasteiger partial charge in [-0.1, -0.05) is 30.3 Å². The van der Waals surface area contributed by atoms with Gasteiger partial charge < -0.3 is 13.7 Å². The second-order valence-electron chi connectivity index (χ2n) is 6.07. The molecule has 4 nitrogen and oxygen atoms in total. The molecular formula is C22H20N2O2. The molecule has 0 bridgehead atoms. The molecule has 0 radical (unpaired) electrons. The zero-order valence-electron chi connectivity index (χ0n) is 14.6. The molecule has 0 N–H and O–H groups in total. The molecule has 0 atom stereocenters. The van der Waals surface area contributed by atoms with Gasteiger partial charge in [-0.25, -0.2) is 4.98 Å². The summed E-state index contributed by atoms with van der Waals surface area (Å²) < 4.78 is 13.5. The van der Waals surface area contributed by atoms with Crippen molar-refractivity contribution >= 4 is 23.2 Å². The van der Waals surface area contributed by atoms with E-state index < -0.39 is 0 Å². The van der Waals surface area contributed by atoms with Crippen molar-refractivity contribution in [3.05, 3.63) is 84.1 Å². The number of hydrogen-bond acceptors (Lipinski definition) is 3. The number of benzene rings is 2. The SMILES string of the molecule is Cc1ccccc1OCCn1c(C=Cc2ccco2)nc2ccccc21. The van der Waals surface area contributed by atoms with Gasteiger partial charge in [0.2, 0.25) is 0 Å². The van der Waals surface area contributed by atoms with Crippen LogP contribution in [0.1, 0.15) is 17.1 Å². The minimum absolute atomic E-state index is 0.576. The Bertz CT molecular complexity index is 1030. The van der Waals surface area contributed by atoms with Crippen LogP contribution in [0.3, 0.4) is 0 Å². The van der Waals surface area contributed by atoms with E-state index in [-0.39, 0.29) is 0 Å². The Balaban J connectivity index is 1.58. The first-order chi connectivity index (χ1) is 12.8. The fraction of sp³-hybridized carbons (Fsp3) is 0.136. The summed E-state index contributed by atoms with van der Waals surface area (Å²) in [6.07, 6.45) is 5.57. The first kappa shape index (κ1) is 16.2. The molecule has 4 rings (SSSR count). The number of ether oxygens (including phenoxy) is 1. The van der Waals surface area contributed by atoms with E-state index in [4.69, 9.17) is 14.1 Å². The Morgan fingerprint density at radius 2 is 1.85 bits per heavy atom. The summed E-state index contributed by atoms with van der Waals surface area (Å²) in [6, 6.07) is 20.0. The lowest BCUT2D eigenvalue weighted by atomic mass is 10.2. The molecule has 130 valence electrons. The summed E-state index contributed by atoms with van der Waals surface area (Å²) in [7, 11) is 0. The van der Waals surface area contributed by atoms with Crippen LogP contribution in [0, 0.1) is 6.92 Å². The maximum atomic E-state index is 5.97. The standard InChI is InChI=1S/C22H20N2O2/c1-17-7-2-5-11-21(17)26-16-14-24-20-10-4-3-9-19(20)23-22(24)13-12-18-8-6-15-25-18/h2-13,15H,14,16H2,1H3. The Hall–Kier alpha value is -3.27. The van der Waals surface area contributed by atoms with E-state index in [0.717, 1.165) is 33.9 Å². The van der Waals surface area contributed by atoms with Crippen LogP contribution < -0.4 is 4.74 Å². The van der Waals surface area contributed by atoms with Crippen LogP contribution >= 0.6 is 0 Å². The van der Waals surface area contributed by atoms with Crippen molar-refractivity contribution < 1.29 is 9.15 Å². The van der Waals surface area contributed by atoms with Gasteiger partial charge in [-0.3, -0.25) is 0 Å². The van der Waals surface area contributed by atoms with Gasteiger partial charge in [0.05, 0.1) is 23.8 Å². The van der Waals surface area contributed by atoms with Crippen molar-refractivity contribution in [1.82, 2.24) is 9.55 Å². The summed E-state index contributed by atoms with van der Waals surface area (Å²) in [5.74, 6) is 2.61. The molecule has 4 heteroatoms. The maximum Gasteiger partial charge on any atom is 0.134 e. The smallest absolute Gasteiger partial charge is 0.134 e. The highest BCUT2D eigenvalue weighted by atomic mass is 16.5. The molecule has 0 fully saturated rings. The molecule has 0 aliphatic rings. The number of furan rings is 1. The largest absolute Gasteiger partial charge is 0.491 e. The lowest BCUT2D eigenvalue weighted by Gasteiger charge is -2.11. The van der Waals surface area contributed by atoms with Crippen LogP contribution in [0.5, 0.6) is 5.75 Å². The summed E-state index contributed by atoms with van der Waals surface area (Å²) in [4.78, 5) is 4.73. The number of aromatic nitrogens is 2. The highest BCUT2D eigenvalue weighted by molar-refractivity contribution is 5.79. The van der Waals surface area contributed by atoms with Gasteiger partial charge in [-0.15, -0.1) is 0 Å². The predicted molar refractivity (Wildman–Crippen MR) is 104 cm³/mol. The molecule has 0 spiro atoms. The van der Waals surface area contributed by atoms with Crippen molar-refractivity contribution in [1.29, 1.82) is 0 Å². The van der Waals surface area contributed by atoms with Gasteiger partial charge in [-0.2, -0.15) is 0 Å². The Labute approximate surface area is 152 Å². The molecule has 0 aliphatic carbocycles. The molecule has 4 aromatic rings. The van der Waals surface area contributed by atoms with Gasteiger partial charge in [0.15, 0.2) is 0 Å². The third-order valence-corrected chi connectivity index (χ3v) is 4.29. The molecular weight excluding hydrogens is 324 g/mol. The highest BCUT2D eigenvalue weighted by Gasteiger charge is 2.09. The second kappa shape index (κ2) is 7.31. The van der Waals surface area contributed by atoms with Crippen molar-refractivity contribution in [2.24, 2.45) is 0 Å². The molecule has 0 saturated carbocycles. The minimum atomic E-state index is 0.576. The van der Waals surface area contributed by atoms with Gasteiger partial charge in [0.25, 0.3) is 0 Å². The average molecular weight is 344 g/mol. The molecule has 0 aliphatic heterocycles. The lowest BCUT2D eigenvalue weighted by molar-refractivity contribution is 0.298. The molecule has 2 aromatic carbocycles. The molecule has 0 unspecified atom stereocenters. The number of nitrogens with zero attached hydrogens (tertiary/aromatic N) is 2. The van der Waals surface area contributed by atoms with E-state index in [9.17, 15) is 0 Å². The summed E-state index contributed by atoms with van der Waals surface area (Å²) in [5, 5.41) is 0. The molecule has 0 amide bonds. The van der Waals surface area contributed by atoms with E-state index in [1.807, 2.05) is 60.7 Å². The maximum absolute atomic E-state index is 5.97. The zero-order chi connectivity index (χ0) is 17.8. The number of para-hydroxylation sites is 3. The van der Waals surface area contributed by atoms with E-state index in [1.54, 1.807) is 6.26 Å². The minimum Gasteiger partial charge on any atom is -0.491 e. The van der Waals surface area contributed by atoms with Gasteiger partial charge in [0, 0.05) is 0 Å². The zero-order valence-corrected chi connectivity index (χ0v) is 14.6. The van der Waals surface area contributed by atoms with Crippen LogP contribution in [-0.2, 0) is 6.54 Å². The number of rotatable bonds is 6. The van der Waals surface area contributed by atoms with E-state index in [2.05, 4.69) is 23.6 Å². The number of fused-ring (bicyclic) bond motifs is 1. The lowest BCUT2D eigenvalue weighted by Crippen LogP contribution is -2.10. The fourth-order valence-electron chi connectivity index (χ4n) is 2.96. The van der Waals surface area contributed by atoms with E-state index >= 15 is 0 Å². The first-order valence-corrected chi connectivity index (χ1v) is 8.66. The number of hydrogen-bond donors (Lipinski definition) is 0. The van der Waals surface area contributed by atoms with Crippen molar-refractivity contribution in [3.8, 4) is 5.75 Å². The quantitative estimate of drug-likeness (QED) is 0.483. The Morgan fingerprint density at radius 1 is 1.00 bits per heavy atom.